The molecule has 0 saturated heterocycles. The van der Waals surface area contributed by atoms with Crippen molar-refractivity contribution in [1.82, 2.24) is 45.8 Å². The number of aromatic amines is 1. The molecule has 4 aromatic carbocycles. The van der Waals surface area contributed by atoms with Gasteiger partial charge in [-0.15, -0.1) is 10.2 Å². The summed E-state index contributed by atoms with van der Waals surface area (Å²) >= 11 is 0. The van der Waals surface area contributed by atoms with Gasteiger partial charge < -0.3 is 5.10 Å². The SMILES string of the molecule is CCCCc1c[n+](Cc2ccc(-c3ccccc3-c3nnn[n-]3)cc2)cn1Cc1ccc(-c2ccccc2-c2nn[nH]n2)cc1. The fraction of sp³-hybridized carbons (Fsp3) is 0.171. The van der Waals surface area contributed by atoms with Crippen molar-refractivity contribution in [2.45, 2.75) is 39.3 Å². The molecule has 3 heterocycles. The molecule has 0 saturated carbocycles. The van der Waals surface area contributed by atoms with E-state index >= 15 is 0 Å². The minimum Gasteiger partial charge on any atom is -0.330 e. The molecular weight excluding hydrogens is 560 g/mol. The number of H-pyrrole nitrogens is 1. The molecule has 0 radical (unpaired) electrons. The molecule has 3 aromatic heterocycles. The third kappa shape index (κ3) is 6.16. The second-order valence-electron chi connectivity index (χ2n) is 11.1. The Hall–Kier alpha value is -5.77. The van der Waals surface area contributed by atoms with Crippen molar-refractivity contribution in [1.29, 1.82) is 0 Å². The summed E-state index contributed by atoms with van der Waals surface area (Å²) in [5.41, 5.74) is 10.1. The maximum atomic E-state index is 4.18. The predicted octanol–water partition coefficient (Wildman–Crippen LogP) is 5.54. The third-order valence-electron chi connectivity index (χ3n) is 8.01. The van der Waals surface area contributed by atoms with Crippen LogP contribution in [0.4, 0.5) is 0 Å². The third-order valence-corrected chi connectivity index (χ3v) is 8.01. The van der Waals surface area contributed by atoms with E-state index in [-0.39, 0.29) is 0 Å². The molecule has 10 heteroatoms. The Morgan fingerprint density at radius 3 is 2.07 bits per heavy atom. The average Bonchev–Trinajstić information content (AvgIpc) is 3.88. The molecular formula is C35H32N10. The van der Waals surface area contributed by atoms with Gasteiger partial charge in [0.1, 0.15) is 25.0 Å². The van der Waals surface area contributed by atoms with Gasteiger partial charge >= 0.3 is 0 Å². The molecule has 0 aliphatic carbocycles. The number of imidazole rings is 1. The molecule has 0 spiro atoms. The normalized spacial score (nSPS) is 11.2. The number of tetrazole rings is 2. The molecule has 0 amide bonds. The molecule has 0 fully saturated rings. The number of aryl methyl sites for hydroxylation is 1. The Balaban J connectivity index is 1.09. The van der Waals surface area contributed by atoms with Gasteiger partial charge in [-0.25, -0.2) is 9.13 Å². The number of aromatic nitrogens is 10. The number of rotatable bonds is 11. The van der Waals surface area contributed by atoms with Crippen LogP contribution in [0.15, 0.2) is 110 Å². The monoisotopic (exact) mass is 592 g/mol. The molecule has 0 bridgehead atoms. The van der Waals surface area contributed by atoms with Crippen LogP contribution in [-0.4, -0.2) is 40.7 Å². The molecule has 45 heavy (non-hydrogen) atoms. The summed E-state index contributed by atoms with van der Waals surface area (Å²) in [5.74, 6) is 1.13. The highest BCUT2D eigenvalue weighted by Gasteiger charge is 2.16. The number of nitrogens with one attached hydrogen (secondary N) is 1. The van der Waals surface area contributed by atoms with Crippen molar-refractivity contribution >= 4 is 0 Å². The predicted molar refractivity (Wildman–Crippen MR) is 171 cm³/mol. The molecule has 222 valence electrons. The van der Waals surface area contributed by atoms with Crippen LogP contribution in [0.2, 0.25) is 0 Å². The lowest BCUT2D eigenvalue weighted by molar-refractivity contribution is -0.688. The van der Waals surface area contributed by atoms with Crippen LogP contribution in [0.3, 0.4) is 0 Å². The van der Waals surface area contributed by atoms with E-state index in [9.17, 15) is 0 Å². The molecule has 0 unspecified atom stereocenters. The standard InChI is InChI=1S/C35H32N10/c1-2-3-8-29-23-44(21-25-13-17-27(18-14-25)30-9-4-6-11-32(30)34-36-40-41-37-34)24-45(29)22-26-15-19-28(20-16-26)31-10-5-7-12-33(31)35-38-42-43-39-35/h4-7,9-20,23-24H,2-3,8,21-22H2,1H3,(H-,36,37,38,39,40,41,42,43). The van der Waals surface area contributed by atoms with Crippen LogP contribution >= 0.6 is 0 Å². The van der Waals surface area contributed by atoms with Gasteiger partial charge in [0.05, 0.1) is 0 Å². The number of unbranched alkanes of at least 4 members (excludes halogenated alkanes) is 1. The van der Waals surface area contributed by atoms with Crippen molar-refractivity contribution in [2.24, 2.45) is 0 Å². The van der Waals surface area contributed by atoms with E-state index in [4.69, 9.17) is 0 Å². The fourth-order valence-corrected chi connectivity index (χ4v) is 5.72. The largest absolute Gasteiger partial charge is 0.330 e. The van der Waals surface area contributed by atoms with E-state index in [1.165, 1.54) is 16.8 Å². The van der Waals surface area contributed by atoms with E-state index < -0.39 is 0 Å². The average molecular weight is 593 g/mol. The second kappa shape index (κ2) is 12.8. The zero-order chi connectivity index (χ0) is 30.4. The molecule has 10 nitrogen and oxygen atoms in total. The lowest BCUT2D eigenvalue weighted by Gasteiger charge is -2.10. The van der Waals surface area contributed by atoms with Gasteiger partial charge in [0, 0.05) is 17.8 Å². The van der Waals surface area contributed by atoms with Crippen molar-refractivity contribution in [3.63, 3.8) is 0 Å². The smallest absolute Gasteiger partial charge is 0.244 e. The summed E-state index contributed by atoms with van der Waals surface area (Å²) < 4.78 is 4.67. The first-order valence-corrected chi connectivity index (χ1v) is 15.1. The van der Waals surface area contributed by atoms with Crippen LogP contribution in [0.1, 0.15) is 36.6 Å². The summed E-state index contributed by atoms with van der Waals surface area (Å²) in [4.78, 5) is 0. The van der Waals surface area contributed by atoms with Crippen LogP contribution in [0, 0.1) is 0 Å². The molecule has 7 rings (SSSR count). The fourth-order valence-electron chi connectivity index (χ4n) is 5.72. The topological polar surface area (TPSA) is 116 Å². The highest BCUT2D eigenvalue weighted by Crippen LogP contribution is 2.31. The van der Waals surface area contributed by atoms with Gasteiger partial charge in [-0.3, -0.25) is 10.3 Å². The summed E-state index contributed by atoms with van der Waals surface area (Å²) in [6.45, 7) is 3.84. The Morgan fingerprint density at radius 1 is 0.756 bits per heavy atom. The van der Waals surface area contributed by atoms with Crippen LogP contribution in [0.25, 0.3) is 45.0 Å². The first-order valence-electron chi connectivity index (χ1n) is 15.1. The number of nitrogens with zero attached hydrogens (tertiary/aromatic N) is 9. The van der Waals surface area contributed by atoms with E-state index in [2.05, 4.69) is 130 Å². The molecule has 0 atom stereocenters. The summed E-state index contributed by atoms with van der Waals surface area (Å²) in [6, 6.07) is 33.7. The first-order chi connectivity index (χ1) is 22.2. The summed E-state index contributed by atoms with van der Waals surface area (Å²) in [5, 5.41) is 30.1. The van der Waals surface area contributed by atoms with Crippen molar-refractivity contribution in [3.05, 3.63) is 126 Å². The van der Waals surface area contributed by atoms with Crippen molar-refractivity contribution in [3.8, 4) is 45.0 Å². The van der Waals surface area contributed by atoms with E-state index in [1.54, 1.807) is 0 Å². The molecule has 0 aliphatic heterocycles. The van der Waals surface area contributed by atoms with E-state index in [0.29, 0.717) is 11.6 Å². The lowest BCUT2D eigenvalue weighted by Crippen LogP contribution is -2.31. The van der Waals surface area contributed by atoms with Gasteiger partial charge in [0.2, 0.25) is 12.2 Å². The molecule has 0 aliphatic rings. The first kappa shape index (κ1) is 28.0. The Morgan fingerprint density at radius 2 is 1.42 bits per heavy atom. The van der Waals surface area contributed by atoms with Crippen molar-refractivity contribution < 1.29 is 4.57 Å². The summed E-state index contributed by atoms with van der Waals surface area (Å²) in [7, 11) is 0. The Bertz CT molecular complexity index is 1970. The van der Waals surface area contributed by atoms with E-state index in [1.807, 2.05) is 36.4 Å². The van der Waals surface area contributed by atoms with Crippen LogP contribution in [-0.2, 0) is 19.5 Å². The molecule has 7 aromatic rings. The Kier molecular flexibility index (Phi) is 8.00. The summed E-state index contributed by atoms with van der Waals surface area (Å²) in [6.07, 6.45) is 7.89. The Labute approximate surface area is 260 Å². The number of hydrogen-bond donors (Lipinski definition) is 1. The highest BCUT2D eigenvalue weighted by molar-refractivity contribution is 5.81. The van der Waals surface area contributed by atoms with Crippen LogP contribution < -0.4 is 9.67 Å². The van der Waals surface area contributed by atoms with Crippen LogP contribution in [0.5, 0.6) is 0 Å². The van der Waals surface area contributed by atoms with Crippen molar-refractivity contribution in [2.75, 3.05) is 0 Å². The zero-order valence-corrected chi connectivity index (χ0v) is 25.0. The number of benzene rings is 4. The highest BCUT2D eigenvalue weighted by atomic mass is 15.5. The molecule has 1 N–H and O–H groups in total. The quantitative estimate of drug-likeness (QED) is 0.196. The second-order valence-corrected chi connectivity index (χ2v) is 11.1. The van der Waals surface area contributed by atoms with Gasteiger partial charge in [0.25, 0.3) is 0 Å². The maximum absolute atomic E-state index is 4.18. The van der Waals surface area contributed by atoms with E-state index in [0.717, 1.165) is 65.7 Å². The van der Waals surface area contributed by atoms with Gasteiger partial charge in [-0.2, -0.15) is 10.4 Å². The van der Waals surface area contributed by atoms with Gasteiger partial charge in [-0.1, -0.05) is 110 Å². The maximum Gasteiger partial charge on any atom is 0.244 e. The minimum atomic E-state index is 0.537. The number of hydrogen-bond acceptors (Lipinski definition) is 6. The van der Waals surface area contributed by atoms with Gasteiger partial charge in [0.15, 0.2) is 0 Å². The zero-order valence-electron chi connectivity index (χ0n) is 25.0. The lowest BCUT2D eigenvalue weighted by atomic mass is 9.98. The minimum absolute atomic E-state index is 0.537. The van der Waals surface area contributed by atoms with Gasteiger partial charge in [-0.05, 0) is 50.6 Å².